The fraction of sp³-hybridized carbons (Fsp3) is 0.100. The van der Waals surface area contributed by atoms with E-state index in [0.29, 0.717) is 5.56 Å². The van der Waals surface area contributed by atoms with Gasteiger partial charge in [-0.3, -0.25) is 0 Å². The Labute approximate surface area is 79.4 Å². The Balaban J connectivity index is 2.86. The zero-order chi connectivity index (χ0) is 9.42. The van der Waals surface area contributed by atoms with Crippen molar-refractivity contribution in [3.63, 3.8) is 0 Å². The zero-order valence-corrected chi connectivity index (χ0v) is 7.89. The molecule has 0 aliphatic carbocycles. The normalized spacial score (nSPS) is 10.5. The second-order valence-corrected chi connectivity index (χ2v) is 3.81. The number of fused-ring (bicyclic) bond motifs is 1. The molecule has 0 radical (unpaired) electrons. The lowest BCUT2D eigenvalue weighted by Gasteiger charge is -1.99. The smallest absolute Gasteiger partial charge is 0.336 e. The van der Waals surface area contributed by atoms with Crippen molar-refractivity contribution >= 4 is 27.4 Å². The van der Waals surface area contributed by atoms with Crippen LogP contribution in [0.15, 0.2) is 23.6 Å². The first-order valence-electron chi connectivity index (χ1n) is 3.90. The molecule has 0 saturated heterocycles. The summed E-state index contributed by atoms with van der Waals surface area (Å²) in [7, 11) is 0. The largest absolute Gasteiger partial charge is 0.478 e. The van der Waals surface area contributed by atoms with E-state index in [1.807, 2.05) is 24.4 Å². The van der Waals surface area contributed by atoms with Gasteiger partial charge in [-0.05, 0) is 30.0 Å². The van der Waals surface area contributed by atoms with Gasteiger partial charge in [0.05, 0.1) is 5.56 Å². The minimum Gasteiger partial charge on any atom is -0.478 e. The summed E-state index contributed by atoms with van der Waals surface area (Å²) in [5.41, 5.74) is 1.52. The number of benzene rings is 1. The monoisotopic (exact) mass is 192 g/mol. The molecule has 13 heavy (non-hydrogen) atoms. The van der Waals surface area contributed by atoms with E-state index in [2.05, 4.69) is 0 Å². The number of carboxylic acid groups (broad SMARTS) is 1. The Kier molecular flexibility index (Phi) is 1.81. The van der Waals surface area contributed by atoms with E-state index in [4.69, 9.17) is 5.11 Å². The van der Waals surface area contributed by atoms with Crippen molar-refractivity contribution in [2.75, 3.05) is 0 Å². The molecule has 1 N–H and O–H groups in total. The van der Waals surface area contributed by atoms with E-state index in [-0.39, 0.29) is 0 Å². The molecule has 0 atom stereocenters. The SMILES string of the molecule is Cc1ccc(C(=O)O)c2ccsc12. The van der Waals surface area contributed by atoms with Gasteiger partial charge in [-0.1, -0.05) is 6.07 Å². The van der Waals surface area contributed by atoms with Gasteiger partial charge in [-0.15, -0.1) is 11.3 Å². The third-order valence-electron chi connectivity index (χ3n) is 2.04. The maximum Gasteiger partial charge on any atom is 0.336 e. The van der Waals surface area contributed by atoms with Crippen molar-refractivity contribution in [2.45, 2.75) is 6.92 Å². The van der Waals surface area contributed by atoms with Crippen LogP contribution in [0.3, 0.4) is 0 Å². The maximum atomic E-state index is 10.8. The lowest BCUT2D eigenvalue weighted by atomic mass is 10.1. The molecule has 0 fully saturated rings. The molecule has 66 valence electrons. The first-order valence-corrected chi connectivity index (χ1v) is 4.78. The molecular formula is C10H8O2S. The molecule has 0 aliphatic rings. The Hall–Kier alpha value is -1.35. The van der Waals surface area contributed by atoms with Crippen LogP contribution in [0.5, 0.6) is 0 Å². The number of aryl methyl sites for hydroxylation is 1. The Morgan fingerprint density at radius 3 is 2.85 bits per heavy atom. The van der Waals surface area contributed by atoms with Gasteiger partial charge in [0.25, 0.3) is 0 Å². The molecule has 1 aromatic carbocycles. The molecular weight excluding hydrogens is 184 g/mol. The number of aromatic carboxylic acids is 1. The summed E-state index contributed by atoms with van der Waals surface area (Å²) in [5.74, 6) is -0.858. The number of hydrogen-bond donors (Lipinski definition) is 1. The lowest BCUT2D eigenvalue weighted by molar-refractivity contribution is 0.0699. The highest BCUT2D eigenvalue weighted by atomic mass is 32.1. The van der Waals surface area contributed by atoms with Crippen molar-refractivity contribution in [3.05, 3.63) is 34.7 Å². The molecule has 0 bridgehead atoms. The fourth-order valence-electron chi connectivity index (χ4n) is 1.39. The van der Waals surface area contributed by atoms with Crippen LogP contribution in [0, 0.1) is 6.92 Å². The molecule has 2 nitrogen and oxygen atoms in total. The van der Waals surface area contributed by atoms with Crippen LogP contribution in [0.25, 0.3) is 10.1 Å². The van der Waals surface area contributed by atoms with Crippen LogP contribution in [0.1, 0.15) is 15.9 Å². The van der Waals surface area contributed by atoms with Crippen LogP contribution in [0.4, 0.5) is 0 Å². The molecule has 0 saturated carbocycles. The second kappa shape index (κ2) is 2.85. The lowest BCUT2D eigenvalue weighted by Crippen LogP contribution is -1.96. The van der Waals surface area contributed by atoms with E-state index in [9.17, 15) is 4.79 Å². The minimum atomic E-state index is -0.858. The first-order chi connectivity index (χ1) is 6.20. The van der Waals surface area contributed by atoms with Gasteiger partial charge in [0.15, 0.2) is 0 Å². The number of carboxylic acids is 1. The molecule has 0 amide bonds. The van der Waals surface area contributed by atoms with Crippen LogP contribution >= 0.6 is 11.3 Å². The average molecular weight is 192 g/mol. The maximum absolute atomic E-state index is 10.8. The van der Waals surface area contributed by atoms with Crippen LogP contribution in [-0.2, 0) is 0 Å². The highest BCUT2D eigenvalue weighted by Crippen LogP contribution is 2.27. The second-order valence-electron chi connectivity index (χ2n) is 2.90. The third kappa shape index (κ3) is 1.21. The summed E-state index contributed by atoms with van der Waals surface area (Å²) in [6.45, 7) is 1.99. The van der Waals surface area contributed by atoms with E-state index >= 15 is 0 Å². The van der Waals surface area contributed by atoms with Gasteiger partial charge in [-0.2, -0.15) is 0 Å². The molecule has 0 aliphatic heterocycles. The van der Waals surface area contributed by atoms with Gasteiger partial charge in [-0.25, -0.2) is 4.79 Å². The van der Waals surface area contributed by atoms with Crippen molar-refractivity contribution in [2.24, 2.45) is 0 Å². The van der Waals surface area contributed by atoms with Gasteiger partial charge in [0, 0.05) is 10.1 Å². The van der Waals surface area contributed by atoms with E-state index in [0.717, 1.165) is 15.6 Å². The molecule has 1 heterocycles. The summed E-state index contributed by atoms with van der Waals surface area (Å²) >= 11 is 1.58. The van der Waals surface area contributed by atoms with Gasteiger partial charge in [0.2, 0.25) is 0 Å². The van der Waals surface area contributed by atoms with Crippen LogP contribution in [0.2, 0.25) is 0 Å². The predicted molar refractivity (Wildman–Crippen MR) is 53.5 cm³/mol. The Morgan fingerprint density at radius 1 is 1.38 bits per heavy atom. The van der Waals surface area contributed by atoms with E-state index < -0.39 is 5.97 Å². The van der Waals surface area contributed by atoms with Crippen LogP contribution < -0.4 is 0 Å². The first kappa shape index (κ1) is 8.26. The molecule has 3 heteroatoms. The van der Waals surface area contributed by atoms with Crippen molar-refractivity contribution in [1.82, 2.24) is 0 Å². The summed E-state index contributed by atoms with van der Waals surface area (Å²) in [5, 5.41) is 11.7. The van der Waals surface area contributed by atoms with Crippen molar-refractivity contribution in [3.8, 4) is 0 Å². The quantitative estimate of drug-likeness (QED) is 0.754. The molecule has 2 aromatic rings. The number of carbonyl (C=O) groups is 1. The van der Waals surface area contributed by atoms with Crippen molar-refractivity contribution in [1.29, 1.82) is 0 Å². The third-order valence-corrected chi connectivity index (χ3v) is 3.09. The average Bonchev–Trinajstić information content (AvgIpc) is 2.53. The zero-order valence-electron chi connectivity index (χ0n) is 7.07. The highest BCUT2D eigenvalue weighted by Gasteiger charge is 2.09. The topological polar surface area (TPSA) is 37.3 Å². The summed E-state index contributed by atoms with van der Waals surface area (Å²) in [6, 6.07) is 5.37. The molecule has 0 unspecified atom stereocenters. The van der Waals surface area contributed by atoms with E-state index in [1.54, 1.807) is 17.4 Å². The standard InChI is InChI=1S/C10H8O2S/c1-6-2-3-8(10(11)12)7-4-5-13-9(6)7/h2-5H,1H3,(H,11,12). The van der Waals surface area contributed by atoms with E-state index in [1.165, 1.54) is 0 Å². The molecule has 1 aromatic heterocycles. The van der Waals surface area contributed by atoms with Crippen LogP contribution in [-0.4, -0.2) is 11.1 Å². The molecule has 2 rings (SSSR count). The Morgan fingerprint density at radius 2 is 2.15 bits per heavy atom. The van der Waals surface area contributed by atoms with Gasteiger partial charge < -0.3 is 5.11 Å². The molecule has 0 spiro atoms. The Bertz CT molecular complexity index is 471. The summed E-state index contributed by atoms with van der Waals surface area (Å²) < 4.78 is 1.07. The minimum absolute atomic E-state index is 0.391. The van der Waals surface area contributed by atoms with Gasteiger partial charge >= 0.3 is 5.97 Å². The highest BCUT2D eigenvalue weighted by molar-refractivity contribution is 7.17. The van der Waals surface area contributed by atoms with Gasteiger partial charge in [0.1, 0.15) is 0 Å². The number of thiophene rings is 1. The fourth-order valence-corrected chi connectivity index (χ4v) is 2.29. The number of rotatable bonds is 1. The predicted octanol–water partition coefficient (Wildman–Crippen LogP) is 2.91. The van der Waals surface area contributed by atoms with Crippen molar-refractivity contribution < 1.29 is 9.90 Å². The number of hydrogen-bond acceptors (Lipinski definition) is 2. The summed E-state index contributed by atoms with van der Waals surface area (Å²) in [4.78, 5) is 10.8. The summed E-state index contributed by atoms with van der Waals surface area (Å²) in [6.07, 6.45) is 0.